The summed E-state index contributed by atoms with van der Waals surface area (Å²) in [5.41, 5.74) is 0.693. The highest BCUT2D eigenvalue weighted by molar-refractivity contribution is 5.92. The maximum Gasteiger partial charge on any atom is 0.406 e. The number of hydrogen-bond acceptors (Lipinski definition) is 5. The molecule has 0 unspecified atom stereocenters. The minimum Gasteiger partial charge on any atom is -0.486 e. The number of amides is 2. The van der Waals surface area contributed by atoms with Gasteiger partial charge in [0.25, 0.3) is 0 Å². The number of benzene rings is 1. The lowest BCUT2D eigenvalue weighted by molar-refractivity contribution is -0.116. The number of methoxy groups -OCH3 is 1. The molecular weight excluding hydrogens is 276 g/mol. The normalized spacial score (nSPS) is 12.5. The second-order valence-corrected chi connectivity index (χ2v) is 4.42. The average Bonchev–Trinajstić information content (AvgIpc) is 2.50. The molecule has 1 aliphatic heterocycles. The maximum atomic E-state index is 11.8. The summed E-state index contributed by atoms with van der Waals surface area (Å²) < 4.78 is 15.4. The van der Waals surface area contributed by atoms with E-state index in [9.17, 15) is 9.59 Å². The van der Waals surface area contributed by atoms with Crippen LogP contribution in [0, 0.1) is 0 Å². The van der Waals surface area contributed by atoms with Crippen LogP contribution in [0.3, 0.4) is 0 Å². The van der Waals surface area contributed by atoms with Crippen molar-refractivity contribution in [3.8, 4) is 11.5 Å². The highest BCUT2D eigenvalue weighted by Gasteiger charge is 2.17. The van der Waals surface area contributed by atoms with E-state index < -0.39 is 6.09 Å². The quantitative estimate of drug-likeness (QED) is 0.902. The number of ether oxygens (including phenoxy) is 3. The minimum absolute atomic E-state index is 0.127. The van der Waals surface area contributed by atoms with E-state index in [1.807, 2.05) is 0 Å². The van der Waals surface area contributed by atoms with E-state index in [1.165, 1.54) is 14.0 Å². The molecule has 7 heteroatoms. The molecule has 114 valence electrons. The minimum atomic E-state index is -0.527. The van der Waals surface area contributed by atoms with Crippen LogP contribution >= 0.6 is 0 Å². The van der Waals surface area contributed by atoms with Crippen LogP contribution in [0.25, 0.3) is 0 Å². The molecule has 1 heterocycles. The number of fused-ring (bicyclic) bond motifs is 1. The van der Waals surface area contributed by atoms with Crippen LogP contribution in [0.2, 0.25) is 0 Å². The van der Waals surface area contributed by atoms with Crippen LogP contribution in [0.4, 0.5) is 10.5 Å². The lowest BCUT2D eigenvalue weighted by Crippen LogP contribution is -2.37. The Morgan fingerprint density at radius 2 is 2.00 bits per heavy atom. The Hall–Kier alpha value is -2.44. The van der Waals surface area contributed by atoms with Gasteiger partial charge in [0.2, 0.25) is 5.91 Å². The SMILES string of the molecule is COC(=O)NCCN(C(C)=O)c1ccc2c(c1)OCCO2. The van der Waals surface area contributed by atoms with Gasteiger partial charge in [0.05, 0.1) is 7.11 Å². The summed E-state index contributed by atoms with van der Waals surface area (Å²) in [5, 5.41) is 2.54. The predicted octanol–water partition coefficient (Wildman–Crippen LogP) is 1.17. The molecule has 0 saturated carbocycles. The fraction of sp³-hybridized carbons (Fsp3) is 0.429. The van der Waals surface area contributed by atoms with Crippen molar-refractivity contribution in [2.75, 3.05) is 38.3 Å². The Morgan fingerprint density at radius 3 is 2.67 bits per heavy atom. The first-order valence-corrected chi connectivity index (χ1v) is 6.61. The molecule has 1 aliphatic rings. The molecule has 1 N–H and O–H groups in total. The van der Waals surface area contributed by atoms with Gasteiger partial charge in [-0.3, -0.25) is 4.79 Å². The largest absolute Gasteiger partial charge is 0.486 e. The molecule has 0 spiro atoms. The second-order valence-electron chi connectivity index (χ2n) is 4.42. The lowest BCUT2D eigenvalue weighted by atomic mass is 10.2. The van der Waals surface area contributed by atoms with Crippen molar-refractivity contribution in [1.82, 2.24) is 5.32 Å². The molecule has 0 saturated heterocycles. The third-order valence-electron chi connectivity index (χ3n) is 3.01. The van der Waals surface area contributed by atoms with Gasteiger partial charge in [-0.1, -0.05) is 0 Å². The second kappa shape index (κ2) is 6.83. The van der Waals surface area contributed by atoms with Crippen LogP contribution in [0.5, 0.6) is 11.5 Å². The van der Waals surface area contributed by atoms with Crippen molar-refractivity contribution < 1.29 is 23.8 Å². The Balaban J connectivity index is 2.07. The van der Waals surface area contributed by atoms with E-state index in [0.29, 0.717) is 43.5 Å². The van der Waals surface area contributed by atoms with Crippen molar-refractivity contribution in [3.63, 3.8) is 0 Å². The van der Waals surface area contributed by atoms with E-state index >= 15 is 0 Å². The Labute approximate surface area is 122 Å². The maximum absolute atomic E-state index is 11.8. The predicted molar refractivity (Wildman–Crippen MR) is 75.9 cm³/mol. The van der Waals surface area contributed by atoms with Crippen LogP contribution in [-0.2, 0) is 9.53 Å². The van der Waals surface area contributed by atoms with E-state index in [2.05, 4.69) is 10.1 Å². The summed E-state index contributed by atoms with van der Waals surface area (Å²) in [5.74, 6) is 1.16. The van der Waals surface area contributed by atoms with Crippen molar-refractivity contribution in [2.45, 2.75) is 6.92 Å². The molecule has 21 heavy (non-hydrogen) atoms. The molecule has 0 aliphatic carbocycles. The monoisotopic (exact) mass is 294 g/mol. The van der Waals surface area contributed by atoms with Crippen LogP contribution < -0.4 is 19.7 Å². The third-order valence-corrected chi connectivity index (χ3v) is 3.01. The van der Waals surface area contributed by atoms with Crippen molar-refractivity contribution >= 4 is 17.7 Å². The van der Waals surface area contributed by atoms with Gasteiger partial charge in [0.15, 0.2) is 11.5 Å². The summed E-state index contributed by atoms with van der Waals surface area (Å²) in [7, 11) is 1.29. The van der Waals surface area contributed by atoms with E-state index in [0.717, 1.165) is 0 Å². The highest BCUT2D eigenvalue weighted by Crippen LogP contribution is 2.33. The first kappa shape index (κ1) is 15.0. The van der Waals surface area contributed by atoms with Crippen molar-refractivity contribution in [2.24, 2.45) is 0 Å². The fourth-order valence-corrected chi connectivity index (χ4v) is 2.01. The number of hydrogen-bond donors (Lipinski definition) is 1. The topological polar surface area (TPSA) is 77.1 Å². The average molecular weight is 294 g/mol. The molecule has 1 aromatic rings. The molecule has 2 amide bonds. The fourth-order valence-electron chi connectivity index (χ4n) is 2.01. The number of carbonyl (C=O) groups is 2. The van der Waals surface area contributed by atoms with Gasteiger partial charge in [0, 0.05) is 31.8 Å². The van der Waals surface area contributed by atoms with Gasteiger partial charge in [-0.25, -0.2) is 4.79 Å². The van der Waals surface area contributed by atoms with Crippen molar-refractivity contribution in [3.05, 3.63) is 18.2 Å². The van der Waals surface area contributed by atoms with E-state index in [-0.39, 0.29) is 5.91 Å². The molecule has 0 radical (unpaired) electrons. The standard InChI is InChI=1S/C14H18N2O5/c1-10(17)16(6-5-15-14(18)19-2)11-3-4-12-13(9-11)21-8-7-20-12/h3-4,9H,5-8H2,1-2H3,(H,15,18). The molecule has 0 fully saturated rings. The Morgan fingerprint density at radius 1 is 1.29 bits per heavy atom. The smallest absolute Gasteiger partial charge is 0.406 e. The Kier molecular flexibility index (Phi) is 4.86. The lowest BCUT2D eigenvalue weighted by Gasteiger charge is -2.24. The molecule has 0 aromatic heterocycles. The summed E-state index contributed by atoms with van der Waals surface area (Å²) in [6.07, 6.45) is -0.527. The molecule has 1 aromatic carbocycles. The number of alkyl carbamates (subject to hydrolysis) is 1. The van der Waals surface area contributed by atoms with Gasteiger partial charge in [-0.05, 0) is 12.1 Å². The molecule has 7 nitrogen and oxygen atoms in total. The van der Waals surface area contributed by atoms with E-state index in [1.54, 1.807) is 23.1 Å². The zero-order valence-electron chi connectivity index (χ0n) is 12.0. The number of nitrogens with zero attached hydrogens (tertiary/aromatic N) is 1. The van der Waals surface area contributed by atoms with Crippen LogP contribution in [0.1, 0.15) is 6.92 Å². The van der Waals surface area contributed by atoms with E-state index in [4.69, 9.17) is 9.47 Å². The molecule has 0 atom stereocenters. The number of anilines is 1. The first-order valence-electron chi connectivity index (χ1n) is 6.61. The van der Waals surface area contributed by atoms with Crippen LogP contribution in [-0.4, -0.2) is 45.4 Å². The van der Waals surface area contributed by atoms with Gasteiger partial charge >= 0.3 is 6.09 Å². The first-order chi connectivity index (χ1) is 10.1. The zero-order valence-corrected chi connectivity index (χ0v) is 12.0. The highest BCUT2D eigenvalue weighted by atomic mass is 16.6. The molecule has 0 bridgehead atoms. The number of rotatable bonds is 4. The Bertz CT molecular complexity index is 532. The molecular formula is C14H18N2O5. The van der Waals surface area contributed by atoms with Crippen molar-refractivity contribution in [1.29, 1.82) is 0 Å². The summed E-state index contributed by atoms with van der Waals surface area (Å²) in [6.45, 7) is 3.10. The number of carbonyl (C=O) groups excluding carboxylic acids is 2. The summed E-state index contributed by atoms with van der Waals surface area (Å²) in [6, 6.07) is 5.31. The molecule has 2 rings (SSSR count). The zero-order chi connectivity index (χ0) is 15.2. The third kappa shape index (κ3) is 3.77. The van der Waals surface area contributed by atoms with Gasteiger partial charge in [-0.2, -0.15) is 0 Å². The summed E-state index contributed by atoms with van der Waals surface area (Å²) >= 11 is 0. The number of nitrogens with one attached hydrogen (secondary N) is 1. The van der Waals surface area contributed by atoms with Gasteiger partial charge < -0.3 is 24.4 Å². The van der Waals surface area contributed by atoms with Gasteiger partial charge in [-0.15, -0.1) is 0 Å². The van der Waals surface area contributed by atoms with Crippen LogP contribution in [0.15, 0.2) is 18.2 Å². The van der Waals surface area contributed by atoms with Gasteiger partial charge in [0.1, 0.15) is 13.2 Å². The summed E-state index contributed by atoms with van der Waals surface area (Å²) in [4.78, 5) is 24.3.